The number of nitrogens with zero attached hydrogens (tertiary/aromatic N) is 1. The quantitative estimate of drug-likeness (QED) is 0.319. The number of hydrogen-bond acceptors (Lipinski definition) is 4. The molecular weight excluding hydrogens is 350 g/mol. The van der Waals surface area contributed by atoms with Crippen molar-refractivity contribution < 1.29 is 23.5 Å². The minimum atomic E-state index is -1.12. The Bertz CT molecular complexity index is 402. The van der Waals surface area contributed by atoms with E-state index < -0.39 is 17.4 Å². The van der Waals surface area contributed by atoms with Crippen LogP contribution in [-0.4, -0.2) is 60.6 Å². The molecule has 2 heterocycles. The predicted molar refractivity (Wildman–Crippen MR) is 86.6 cm³/mol. The van der Waals surface area contributed by atoms with Crippen LogP contribution >= 0.6 is 15.9 Å². The van der Waals surface area contributed by atoms with Gasteiger partial charge in [0.05, 0.1) is 31.6 Å². The molecule has 0 amide bonds. The van der Waals surface area contributed by atoms with E-state index in [2.05, 4.69) is 15.9 Å². The summed E-state index contributed by atoms with van der Waals surface area (Å²) in [5, 5.41) is 0.799. The molecule has 5 nitrogen and oxygen atoms in total. The Morgan fingerprint density at radius 2 is 1.64 bits per heavy atom. The summed E-state index contributed by atoms with van der Waals surface area (Å²) in [5.41, 5.74) is -1.12. The van der Waals surface area contributed by atoms with E-state index in [9.17, 15) is 9.59 Å². The monoisotopic (exact) mass is 376 g/mol. The van der Waals surface area contributed by atoms with Crippen molar-refractivity contribution in [2.24, 2.45) is 5.41 Å². The molecule has 126 valence electrons. The fourth-order valence-electron chi connectivity index (χ4n) is 4.11. The average molecular weight is 377 g/mol. The lowest BCUT2D eigenvalue weighted by Crippen LogP contribution is -2.57. The Hall–Kier alpha value is -0.620. The van der Waals surface area contributed by atoms with Crippen LogP contribution in [0.2, 0.25) is 0 Å². The molecule has 0 aromatic carbocycles. The number of rotatable bonds is 5. The second-order valence-electron chi connectivity index (χ2n) is 6.42. The van der Waals surface area contributed by atoms with Gasteiger partial charge in [0, 0.05) is 6.42 Å². The first kappa shape index (κ1) is 17.7. The minimum absolute atomic E-state index is 0.272. The zero-order valence-electron chi connectivity index (χ0n) is 13.6. The van der Waals surface area contributed by atoms with Gasteiger partial charge in [0.15, 0.2) is 0 Å². The fourth-order valence-corrected chi connectivity index (χ4v) is 4.95. The summed E-state index contributed by atoms with van der Waals surface area (Å²) in [4.78, 5) is 25.2. The molecule has 22 heavy (non-hydrogen) atoms. The maximum Gasteiger partial charge on any atom is 0.329 e. The van der Waals surface area contributed by atoms with E-state index in [1.807, 2.05) is 0 Å². The van der Waals surface area contributed by atoms with Crippen molar-refractivity contribution in [1.82, 2.24) is 0 Å². The summed E-state index contributed by atoms with van der Waals surface area (Å²) in [6, 6.07) is 0.272. The molecule has 0 radical (unpaired) electrons. The van der Waals surface area contributed by atoms with Crippen molar-refractivity contribution in [3.05, 3.63) is 0 Å². The highest BCUT2D eigenvalue weighted by atomic mass is 79.9. The standard InChI is InChI=1S/C16H27BrNO4/c1-3-21-14(19)16(15(20)22-4-2)10-13(11-17)18(12-16)8-6-5-7-9-18/h13H,3-12H2,1-2H3/q+1. The van der Waals surface area contributed by atoms with Crippen LogP contribution in [0.4, 0.5) is 0 Å². The topological polar surface area (TPSA) is 52.6 Å². The van der Waals surface area contributed by atoms with Crippen LogP contribution in [0, 0.1) is 5.41 Å². The average Bonchev–Trinajstić information content (AvgIpc) is 2.84. The van der Waals surface area contributed by atoms with Crippen molar-refractivity contribution in [2.45, 2.75) is 45.6 Å². The third-order valence-corrected chi connectivity index (χ3v) is 5.91. The molecule has 2 aliphatic heterocycles. The number of ether oxygens (including phenoxy) is 2. The highest BCUT2D eigenvalue weighted by Gasteiger charge is 2.64. The van der Waals surface area contributed by atoms with E-state index in [1.165, 1.54) is 6.42 Å². The second-order valence-corrected chi connectivity index (χ2v) is 7.07. The molecule has 0 aliphatic carbocycles. The molecule has 6 heteroatoms. The molecule has 0 aromatic rings. The lowest BCUT2D eigenvalue weighted by atomic mass is 9.85. The maximum absolute atomic E-state index is 12.6. The Morgan fingerprint density at radius 3 is 2.09 bits per heavy atom. The van der Waals surface area contributed by atoms with E-state index in [1.54, 1.807) is 13.8 Å². The molecule has 2 aliphatic rings. The number of esters is 2. The number of carbonyl (C=O) groups is 2. The first-order valence-electron chi connectivity index (χ1n) is 8.31. The lowest BCUT2D eigenvalue weighted by Gasteiger charge is -2.42. The SMILES string of the molecule is CCOC(=O)C1(C(=O)OCC)CC(CBr)[N+]2(CCCCC2)C1. The van der Waals surface area contributed by atoms with E-state index in [0.717, 1.165) is 35.7 Å². The van der Waals surface area contributed by atoms with Crippen LogP contribution < -0.4 is 0 Å². The second kappa shape index (κ2) is 7.30. The van der Waals surface area contributed by atoms with Gasteiger partial charge in [-0.25, -0.2) is 0 Å². The molecule has 2 rings (SSSR count). The molecule has 0 saturated carbocycles. The molecule has 0 aromatic heterocycles. The van der Waals surface area contributed by atoms with E-state index >= 15 is 0 Å². The van der Waals surface area contributed by atoms with Gasteiger partial charge in [0.1, 0.15) is 12.6 Å². The highest BCUT2D eigenvalue weighted by Crippen LogP contribution is 2.45. The number of halogens is 1. The highest BCUT2D eigenvalue weighted by molar-refractivity contribution is 9.09. The van der Waals surface area contributed by atoms with E-state index in [-0.39, 0.29) is 6.04 Å². The Morgan fingerprint density at radius 1 is 1.09 bits per heavy atom. The summed E-state index contributed by atoms with van der Waals surface area (Å²) in [5.74, 6) is -0.806. The van der Waals surface area contributed by atoms with Crippen molar-refractivity contribution >= 4 is 27.9 Å². The van der Waals surface area contributed by atoms with Gasteiger partial charge >= 0.3 is 11.9 Å². The molecule has 1 unspecified atom stereocenters. The van der Waals surface area contributed by atoms with Crippen LogP contribution in [0.5, 0.6) is 0 Å². The minimum Gasteiger partial charge on any atom is -0.465 e. The third kappa shape index (κ3) is 3.04. The number of carbonyl (C=O) groups excluding carboxylic acids is 2. The van der Waals surface area contributed by atoms with Gasteiger partial charge in [-0.1, -0.05) is 15.9 Å². The van der Waals surface area contributed by atoms with Crippen LogP contribution in [0.1, 0.15) is 39.5 Å². The van der Waals surface area contributed by atoms with Gasteiger partial charge in [0.2, 0.25) is 5.41 Å². The van der Waals surface area contributed by atoms with E-state index in [0.29, 0.717) is 26.2 Å². The van der Waals surface area contributed by atoms with Crippen molar-refractivity contribution in [3.8, 4) is 0 Å². The number of quaternary nitrogens is 1. The molecule has 0 bridgehead atoms. The van der Waals surface area contributed by atoms with Gasteiger partial charge < -0.3 is 14.0 Å². The van der Waals surface area contributed by atoms with Gasteiger partial charge in [-0.2, -0.15) is 0 Å². The first-order valence-corrected chi connectivity index (χ1v) is 9.43. The largest absolute Gasteiger partial charge is 0.465 e. The summed E-state index contributed by atoms with van der Waals surface area (Å²) < 4.78 is 11.4. The van der Waals surface area contributed by atoms with E-state index in [4.69, 9.17) is 9.47 Å². The number of alkyl halides is 1. The van der Waals surface area contributed by atoms with Crippen LogP contribution in [0.25, 0.3) is 0 Å². The van der Waals surface area contributed by atoms with Gasteiger partial charge in [-0.15, -0.1) is 0 Å². The molecule has 2 fully saturated rings. The fraction of sp³-hybridized carbons (Fsp3) is 0.875. The van der Waals surface area contributed by atoms with Crippen LogP contribution in [0.3, 0.4) is 0 Å². The Labute approximate surface area is 141 Å². The zero-order chi connectivity index (χ0) is 16.2. The van der Waals surface area contributed by atoms with Gasteiger partial charge in [0.25, 0.3) is 0 Å². The number of hydrogen-bond donors (Lipinski definition) is 0. The lowest BCUT2D eigenvalue weighted by molar-refractivity contribution is -0.942. The predicted octanol–water partition coefficient (Wildman–Crippen LogP) is 2.27. The van der Waals surface area contributed by atoms with Crippen LogP contribution in [0.15, 0.2) is 0 Å². The molecule has 0 N–H and O–H groups in total. The first-order chi connectivity index (χ1) is 10.5. The van der Waals surface area contributed by atoms with Crippen molar-refractivity contribution in [2.75, 3.05) is 38.2 Å². The number of piperidine rings is 1. The van der Waals surface area contributed by atoms with Gasteiger partial charge in [-0.3, -0.25) is 9.59 Å². The molecular formula is C16H27BrNO4+. The van der Waals surface area contributed by atoms with Gasteiger partial charge in [-0.05, 0) is 33.1 Å². The van der Waals surface area contributed by atoms with Crippen LogP contribution in [-0.2, 0) is 19.1 Å². The summed E-state index contributed by atoms with van der Waals surface area (Å²) in [7, 11) is 0. The summed E-state index contributed by atoms with van der Waals surface area (Å²) >= 11 is 3.59. The summed E-state index contributed by atoms with van der Waals surface area (Å²) in [6.07, 6.45) is 4.08. The third-order valence-electron chi connectivity index (χ3n) is 5.16. The molecule has 1 atom stereocenters. The molecule has 1 spiro atoms. The smallest absolute Gasteiger partial charge is 0.329 e. The normalized spacial score (nSPS) is 25.9. The summed E-state index contributed by atoms with van der Waals surface area (Å²) in [6.45, 7) is 6.74. The Kier molecular flexibility index (Phi) is 5.88. The maximum atomic E-state index is 12.6. The van der Waals surface area contributed by atoms with Crippen molar-refractivity contribution in [1.29, 1.82) is 0 Å². The molecule has 2 saturated heterocycles. The van der Waals surface area contributed by atoms with Crippen molar-refractivity contribution in [3.63, 3.8) is 0 Å². The Balaban J connectivity index is 2.33. The zero-order valence-corrected chi connectivity index (χ0v) is 15.2.